The van der Waals surface area contributed by atoms with E-state index in [1.165, 1.54) is 37.6 Å². The number of nitrogens with one attached hydrogen (secondary N) is 1. The maximum Gasteiger partial charge on any atom is 0.349 e. The molecule has 1 aromatic heterocycles. The van der Waals surface area contributed by atoms with Crippen molar-refractivity contribution in [3.8, 4) is 11.5 Å². The maximum absolute atomic E-state index is 15.6. The highest BCUT2D eigenvalue weighted by Crippen LogP contribution is 2.50. The molecule has 13 heteroatoms. The number of carbonyl (C=O) groups excluding carboxylic acids is 2. The van der Waals surface area contributed by atoms with Gasteiger partial charge in [0.25, 0.3) is 0 Å². The minimum absolute atomic E-state index is 0.00369. The normalized spacial score (nSPS) is 18.4. The fourth-order valence-electron chi connectivity index (χ4n) is 5.10. The van der Waals surface area contributed by atoms with E-state index < -0.39 is 30.5 Å². The molecule has 0 spiro atoms. The van der Waals surface area contributed by atoms with Gasteiger partial charge < -0.3 is 38.8 Å². The number of rotatable bonds is 8. The third-order valence-corrected chi connectivity index (χ3v) is 8.32. The van der Waals surface area contributed by atoms with Gasteiger partial charge in [-0.05, 0) is 43.5 Å². The number of carbonyl (C=O) groups is 2. The number of piperazine rings is 1. The number of benzene rings is 2. The van der Waals surface area contributed by atoms with Crippen molar-refractivity contribution in [2.75, 3.05) is 31.6 Å². The number of aromatic nitrogens is 1. The summed E-state index contributed by atoms with van der Waals surface area (Å²) in [5, 5.41) is 3.31. The Labute approximate surface area is 228 Å². The van der Waals surface area contributed by atoms with Crippen molar-refractivity contribution in [3.63, 3.8) is 0 Å². The molecule has 40 heavy (non-hydrogen) atoms. The summed E-state index contributed by atoms with van der Waals surface area (Å²) in [7, 11) is -3.29. The Morgan fingerprint density at radius 3 is 2.52 bits per heavy atom. The SMILES string of the molecule is COc1c(N2CCNC(C)C2)c(F)cc2c(=O)c(C(=O)Oc3ccc(C(C=O)P(=O)(O)O)cc3)cn(C3CC3)c12. The lowest BCUT2D eigenvalue weighted by Crippen LogP contribution is -2.49. The summed E-state index contributed by atoms with van der Waals surface area (Å²) >= 11 is 0. The number of halogens is 1. The summed E-state index contributed by atoms with van der Waals surface area (Å²) in [4.78, 5) is 58.5. The van der Waals surface area contributed by atoms with Gasteiger partial charge in [-0.1, -0.05) is 12.1 Å². The number of aldehydes is 1. The quantitative estimate of drug-likeness (QED) is 0.159. The van der Waals surface area contributed by atoms with Crippen LogP contribution in [-0.4, -0.2) is 59.4 Å². The number of hydrogen-bond donors (Lipinski definition) is 3. The first-order valence-corrected chi connectivity index (χ1v) is 14.5. The van der Waals surface area contributed by atoms with Crippen molar-refractivity contribution in [2.45, 2.75) is 37.5 Å². The summed E-state index contributed by atoms with van der Waals surface area (Å²) in [5.41, 5.74) is -1.93. The highest BCUT2D eigenvalue weighted by molar-refractivity contribution is 7.53. The van der Waals surface area contributed by atoms with Gasteiger partial charge in [0.2, 0.25) is 5.43 Å². The van der Waals surface area contributed by atoms with Crippen molar-refractivity contribution < 1.29 is 37.8 Å². The van der Waals surface area contributed by atoms with E-state index in [-0.39, 0.29) is 52.1 Å². The van der Waals surface area contributed by atoms with Crippen molar-refractivity contribution >= 4 is 36.4 Å². The molecule has 212 valence electrons. The van der Waals surface area contributed by atoms with E-state index in [2.05, 4.69) is 5.32 Å². The van der Waals surface area contributed by atoms with E-state index in [4.69, 9.17) is 9.47 Å². The number of fused-ring (bicyclic) bond motifs is 1. The molecular weight excluding hydrogens is 544 g/mol. The van der Waals surface area contributed by atoms with Gasteiger partial charge in [0.1, 0.15) is 28.9 Å². The number of esters is 1. The third kappa shape index (κ3) is 5.27. The van der Waals surface area contributed by atoms with E-state index in [0.29, 0.717) is 25.2 Å². The van der Waals surface area contributed by atoms with Crippen molar-refractivity contribution in [2.24, 2.45) is 0 Å². The van der Waals surface area contributed by atoms with Crippen LogP contribution in [0, 0.1) is 5.82 Å². The molecule has 3 aromatic rings. The Balaban J connectivity index is 1.54. The molecule has 2 unspecified atom stereocenters. The highest BCUT2D eigenvalue weighted by atomic mass is 31.2. The standard InChI is InChI=1S/C27H29FN3O8P/c1-15-12-30(10-9-29-15)24-21(28)11-19-23(26(24)38-2)31(17-5-6-17)13-20(25(19)33)27(34)39-18-7-3-16(4-8-18)22(14-32)40(35,36)37/h3-4,7-8,11,13-15,17,22,29H,5-6,9-10,12H2,1-2H3,(H2,35,36,37). The van der Waals surface area contributed by atoms with E-state index in [0.717, 1.165) is 18.9 Å². The van der Waals surface area contributed by atoms with E-state index >= 15 is 4.39 Å². The number of nitrogens with zero attached hydrogens (tertiary/aromatic N) is 2. The summed E-state index contributed by atoms with van der Waals surface area (Å²) in [6.07, 6.45) is 3.19. The van der Waals surface area contributed by atoms with Crippen LogP contribution >= 0.6 is 7.60 Å². The van der Waals surface area contributed by atoms with Gasteiger partial charge in [0.05, 0.1) is 18.0 Å². The third-order valence-electron chi connectivity index (χ3n) is 7.17. The van der Waals surface area contributed by atoms with E-state index in [1.54, 1.807) is 4.57 Å². The second-order valence-corrected chi connectivity index (χ2v) is 11.8. The molecule has 2 atom stereocenters. The Morgan fingerprint density at radius 2 is 1.95 bits per heavy atom. The smallest absolute Gasteiger partial charge is 0.349 e. The molecule has 11 nitrogen and oxygen atoms in total. The maximum atomic E-state index is 15.6. The molecule has 2 aliphatic rings. The Morgan fingerprint density at radius 1 is 1.25 bits per heavy atom. The average molecular weight is 574 g/mol. The summed E-state index contributed by atoms with van der Waals surface area (Å²) < 4.78 is 40.0. The van der Waals surface area contributed by atoms with Gasteiger partial charge in [-0.25, -0.2) is 9.18 Å². The zero-order valence-corrected chi connectivity index (χ0v) is 22.8. The average Bonchev–Trinajstić information content (AvgIpc) is 3.74. The molecule has 5 rings (SSSR count). The van der Waals surface area contributed by atoms with Gasteiger partial charge in [0, 0.05) is 37.9 Å². The monoisotopic (exact) mass is 573 g/mol. The van der Waals surface area contributed by atoms with Crippen LogP contribution in [0.25, 0.3) is 10.9 Å². The van der Waals surface area contributed by atoms with Crippen LogP contribution in [0.2, 0.25) is 0 Å². The number of anilines is 1. The second-order valence-electron chi connectivity index (χ2n) is 10.1. The molecule has 1 saturated carbocycles. The van der Waals surface area contributed by atoms with Gasteiger partial charge in [-0.3, -0.25) is 9.36 Å². The minimum Gasteiger partial charge on any atom is -0.492 e. The summed E-state index contributed by atoms with van der Waals surface area (Å²) in [5.74, 6) is -1.38. The Bertz CT molecular complexity index is 1580. The molecule has 2 heterocycles. The molecule has 0 radical (unpaired) electrons. The van der Waals surface area contributed by atoms with Crippen LogP contribution in [-0.2, 0) is 9.36 Å². The zero-order valence-electron chi connectivity index (χ0n) is 21.9. The predicted molar refractivity (Wildman–Crippen MR) is 145 cm³/mol. The number of hydrogen-bond acceptors (Lipinski definition) is 8. The number of methoxy groups -OCH3 is 1. The highest BCUT2D eigenvalue weighted by Gasteiger charge is 2.33. The lowest BCUT2D eigenvalue weighted by Gasteiger charge is -2.35. The first-order valence-electron chi connectivity index (χ1n) is 12.8. The van der Waals surface area contributed by atoms with Gasteiger partial charge >= 0.3 is 13.6 Å². The molecule has 2 fully saturated rings. The van der Waals surface area contributed by atoms with Crippen LogP contribution < -0.4 is 25.1 Å². The van der Waals surface area contributed by atoms with Gasteiger partial charge in [0.15, 0.2) is 11.6 Å². The fraction of sp³-hybridized carbons (Fsp3) is 0.370. The zero-order chi connectivity index (χ0) is 28.8. The molecule has 0 amide bonds. The first kappa shape index (κ1) is 28.0. The minimum atomic E-state index is -4.72. The summed E-state index contributed by atoms with van der Waals surface area (Å²) in [6.45, 7) is 3.78. The first-order chi connectivity index (χ1) is 19.0. The molecule has 1 aliphatic heterocycles. The Kier molecular flexibility index (Phi) is 7.54. The summed E-state index contributed by atoms with van der Waals surface area (Å²) in [6, 6.07) is 6.31. The van der Waals surface area contributed by atoms with Crippen LogP contribution in [0.1, 0.15) is 47.4 Å². The molecular formula is C27H29FN3O8P. The number of pyridine rings is 1. The Hall–Kier alpha value is -3.57. The van der Waals surface area contributed by atoms with Crippen LogP contribution in [0.3, 0.4) is 0 Å². The topological polar surface area (TPSA) is 147 Å². The number of ether oxygens (including phenoxy) is 2. The van der Waals surface area contributed by atoms with Crippen LogP contribution in [0.15, 0.2) is 41.3 Å². The molecule has 2 aromatic carbocycles. The largest absolute Gasteiger partial charge is 0.492 e. The molecule has 3 N–H and O–H groups in total. The van der Waals surface area contributed by atoms with Crippen LogP contribution in [0.5, 0.6) is 11.5 Å². The van der Waals surface area contributed by atoms with Crippen molar-refractivity contribution in [1.82, 2.24) is 9.88 Å². The molecule has 0 bridgehead atoms. The van der Waals surface area contributed by atoms with Gasteiger partial charge in [-0.2, -0.15) is 0 Å². The van der Waals surface area contributed by atoms with Gasteiger partial charge in [-0.15, -0.1) is 0 Å². The lowest BCUT2D eigenvalue weighted by atomic mass is 10.1. The molecule has 1 aliphatic carbocycles. The van der Waals surface area contributed by atoms with E-state index in [9.17, 15) is 28.7 Å². The van der Waals surface area contributed by atoms with Crippen molar-refractivity contribution in [3.05, 3.63) is 63.7 Å². The second kappa shape index (κ2) is 10.8. The fourth-order valence-corrected chi connectivity index (χ4v) is 5.82. The predicted octanol–water partition coefficient (Wildman–Crippen LogP) is 2.92. The van der Waals surface area contributed by atoms with E-state index in [1.807, 2.05) is 11.8 Å². The van der Waals surface area contributed by atoms with Crippen molar-refractivity contribution in [1.29, 1.82) is 0 Å². The van der Waals surface area contributed by atoms with Crippen LogP contribution in [0.4, 0.5) is 10.1 Å². The molecule has 1 saturated heterocycles. The lowest BCUT2D eigenvalue weighted by molar-refractivity contribution is -0.107.